The number of thioether (sulfide) groups is 1. The fourth-order valence-electron chi connectivity index (χ4n) is 2.84. The molecule has 27 heavy (non-hydrogen) atoms. The quantitative estimate of drug-likeness (QED) is 0.600. The summed E-state index contributed by atoms with van der Waals surface area (Å²) in [6.45, 7) is 2.96. The number of hydrogen-bond acceptors (Lipinski definition) is 7. The summed E-state index contributed by atoms with van der Waals surface area (Å²) < 4.78 is 32.0. The number of rotatable bonds is 6. The van der Waals surface area contributed by atoms with E-state index in [1.54, 1.807) is 4.68 Å². The Morgan fingerprint density at radius 3 is 3.07 bits per heavy atom. The van der Waals surface area contributed by atoms with Crippen molar-refractivity contribution in [3.63, 3.8) is 0 Å². The summed E-state index contributed by atoms with van der Waals surface area (Å²) in [5, 5.41) is 12.5. The molecule has 9 heteroatoms. The van der Waals surface area contributed by atoms with Crippen LogP contribution in [-0.4, -0.2) is 33.6 Å². The van der Waals surface area contributed by atoms with Crippen molar-refractivity contribution < 1.29 is 18.6 Å². The van der Waals surface area contributed by atoms with Crippen LogP contribution in [0.5, 0.6) is 11.5 Å². The molecule has 0 spiro atoms. The van der Waals surface area contributed by atoms with E-state index < -0.39 is 0 Å². The molecule has 3 aromatic rings. The molecule has 0 unspecified atom stereocenters. The van der Waals surface area contributed by atoms with E-state index in [0.29, 0.717) is 41.2 Å². The number of fused-ring (bicyclic) bond motifs is 1. The second-order valence-corrected chi connectivity index (χ2v) is 6.67. The lowest BCUT2D eigenvalue weighted by atomic mass is 10.1. The molecule has 0 amide bonds. The first-order valence-electron chi connectivity index (χ1n) is 8.41. The molecule has 0 saturated heterocycles. The topological polar surface area (TPSA) is 71.3 Å². The first-order valence-corrected chi connectivity index (χ1v) is 9.40. The van der Waals surface area contributed by atoms with Gasteiger partial charge in [0.15, 0.2) is 6.79 Å². The van der Waals surface area contributed by atoms with Crippen molar-refractivity contribution in [1.29, 1.82) is 0 Å². The summed E-state index contributed by atoms with van der Waals surface area (Å²) in [6, 6.07) is 10.4. The van der Waals surface area contributed by atoms with Crippen LogP contribution in [0, 0.1) is 5.82 Å². The number of tetrazole rings is 1. The molecule has 0 N–H and O–H groups in total. The van der Waals surface area contributed by atoms with Gasteiger partial charge in [-0.05, 0) is 41.6 Å². The van der Waals surface area contributed by atoms with E-state index in [2.05, 4.69) is 15.5 Å². The highest BCUT2D eigenvalue weighted by Gasteiger charge is 2.19. The third-order valence-electron chi connectivity index (χ3n) is 3.94. The maximum atomic E-state index is 13.9. The highest BCUT2D eigenvalue weighted by molar-refractivity contribution is 7.98. The molecule has 140 valence electrons. The Balaban J connectivity index is 1.60. The van der Waals surface area contributed by atoms with Crippen molar-refractivity contribution in [3.05, 3.63) is 53.3 Å². The number of ether oxygens (including phenoxy) is 3. The summed E-state index contributed by atoms with van der Waals surface area (Å²) in [5.74, 6) is 1.50. The predicted molar refractivity (Wildman–Crippen MR) is 96.6 cm³/mol. The summed E-state index contributed by atoms with van der Waals surface area (Å²) in [4.78, 5) is 0. The molecule has 0 bridgehead atoms. The molecule has 1 aliphatic heterocycles. The van der Waals surface area contributed by atoms with Gasteiger partial charge < -0.3 is 14.2 Å². The zero-order chi connectivity index (χ0) is 18.6. The van der Waals surface area contributed by atoms with Gasteiger partial charge in [0.2, 0.25) is 5.16 Å². The molecule has 0 saturated carbocycles. The molecule has 2 aromatic carbocycles. The van der Waals surface area contributed by atoms with Gasteiger partial charge in [-0.25, -0.2) is 4.39 Å². The standard InChI is InChI=1S/C18H17FN4O3S/c1-2-25-16-6-4-3-5-15(16)23-18(20-21-22-23)27-10-13-8-14(19)7-12-9-24-11-26-17(12)13/h3-8H,2,9-11H2,1H3. The van der Waals surface area contributed by atoms with Gasteiger partial charge in [0.25, 0.3) is 0 Å². The van der Waals surface area contributed by atoms with Crippen molar-refractivity contribution in [2.75, 3.05) is 13.4 Å². The first-order chi connectivity index (χ1) is 13.3. The van der Waals surface area contributed by atoms with Crippen LogP contribution in [0.1, 0.15) is 18.1 Å². The third-order valence-corrected chi connectivity index (χ3v) is 4.91. The normalized spacial score (nSPS) is 13.1. The van der Waals surface area contributed by atoms with Gasteiger partial charge in [-0.2, -0.15) is 4.68 Å². The average molecular weight is 388 g/mol. The Morgan fingerprint density at radius 1 is 1.30 bits per heavy atom. The van der Waals surface area contributed by atoms with Crippen LogP contribution < -0.4 is 9.47 Å². The Hall–Kier alpha value is -2.65. The van der Waals surface area contributed by atoms with Crippen LogP contribution in [0.2, 0.25) is 0 Å². The van der Waals surface area contributed by atoms with E-state index in [-0.39, 0.29) is 12.6 Å². The zero-order valence-electron chi connectivity index (χ0n) is 14.6. The molecule has 0 fully saturated rings. The minimum atomic E-state index is -0.320. The highest BCUT2D eigenvalue weighted by atomic mass is 32.2. The number of nitrogens with zero attached hydrogens (tertiary/aromatic N) is 4. The Bertz CT molecular complexity index is 950. The van der Waals surface area contributed by atoms with Crippen LogP contribution in [0.4, 0.5) is 4.39 Å². The van der Waals surface area contributed by atoms with Crippen molar-refractivity contribution in [2.45, 2.75) is 24.4 Å². The predicted octanol–water partition coefficient (Wildman–Crippen LogP) is 3.36. The molecular weight excluding hydrogens is 371 g/mol. The van der Waals surface area contributed by atoms with Crippen molar-refractivity contribution in [2.24, 2.45) is 0 Å². The molecule has 1 aliphatic rings. The van der Waals surface area contributed by atoms with E-state index in [4.69, 9.17) is 14.2 Å². The number of para-hydroxylation sites is 2. The van der Waals surface area contributed by atoms with Crippen LogP contribution in [0.15, 0.2) is 41.6 Å². The molecule has 0 radical (unpaired) electrons. The van der Waals surface area contributed by atoms with E-state index in [1.165, 1.54) is 23.9 Å². The smallest absolute Gasteiger partial charge is 0.214 e. The summed E-state index contributed by atoms with van der Waals surface area (Å²) in [6.07, 6.45) is 0. The maximum absolute atomic E-state index is 13.9. The molecule has 7 nitrogen and oxygen atoms in total. The lowest BCUT2D eigenvalue weighted by Crippen LogP contribution is -2.13. The van der Waals surface area contributed by atoms with E-state index in [9.17, 15) is 4.39 Å². The van der Waals surface area contributed by atoms with E-state index in [0.717, 1.165) is 11.3 Å². The number of aromatic nitrogens is 4. The van der Waals surface area contributed by atoms with E-state index >= 15 is 0 Å². The van der Waals surface area contributed by atoms with Crippen LogP contribution in [-0.2, 0) is 17.1 Å². The summed E-state index contributed by atoms with van der Waals surface area (Å²) >= 11 is 1.39. The Kier molecular flexibility index (Phi) is 5.21. The van der Waals surface area contributed by atoms with Crippen LogP contribution in [0.3, 0.4) is 0 Å². The van der Waals surface area contributed by atoms with Crippen LogP contribution in [0.25, 0.3) is 5.69 Å². The fraction of sp³-hybridized carbons (Fsp3) is 0.278. The van der Waals surface area contributed by atoms with Gasteiger partial charge in [-0.15, -0.1) is 5.10 Å². The second-order valence-electron chi connectivity index (χ2n) is 5.73. The zero-order valence-corrected chi connectivity index (χ0v) is 15.4. The maximum Gasteiger partial charge on any atom is 0.214 e. The summed E-state index contributed by atoms with van der Waals surface area (Å²) in [7, 11) is 0. The molecule has 4 rings (SSSR count). The Morgan fingerprint density at radius 2 is 2.19 bits per heavy atom. The van der Waals surface area contributed by atoms with Gasteiger partial charge in [0.05, 0.1) is 13.2 Å². The van der Waals surface area contributed by atoms with Gasteiger partial charge in [-0.3, -0.25) is 0 Å². The molecule has 0 aliphatic carbocycles. The fourth-order valence-corrected chi connectivity index (χ4v) is 3.69. The monoisotopic (exact) mass is 388 g/mol. The molecule has 0 atom stereocenters. The minimum absolute atomic E-state index is 0.162. The first kappa shape index (κ1) is 17.7. The largest absolute Gasteiger partial charge is 0.492 e. The third kappa shape index (κ3) is 3.74. The second kappa shape index (κ2) is 7.93. The van der Waals surface area contributed by atoms with E-state index in [1.807, 2.05) is 31.2 Å². The summed E-state index contributed by atoms with van der Waals surface area (Å²) in [5.41, 5.74) is 2.20. The number of benzene rings is 2. The van der Waals surface area contributed by atoms with Crippen molar-refractivity contribution in [1.82, 2.24) is 20.2 Å². The van der Waals surface area contributed by atoms with Gasteiger partial charge in [0, 0.05) is 16.9 Å². The average Bonchev–Trinajstić information content (AvgIpc) is 3.15. The highest BCUT2D eigenvalue weighted by Crippen LogP contribution is 2.34. The van der Waals surface area contributed by atoms with Crippen molar-refractivity contribution >= 4 is 11.8 Å². The van der Waals surface area contributed by atoms with Gasteiger partial charge >= 0.3 is 0 Å². The Labute approximate surface area is 159 Å². The van der Waals surface area contributed by atoms with Crippen LogP contribution >= 0.6 is 11.8 Å². The lowest BCUT2D eigenvalue weighted by molar-refractivity contribution is -0.0171. The molecule has 1 aromatic heterocycles. The van der Waals surface area contributed by atoms with Crippen molar-refractivity contribution in [3.8, 4) is 17.2 Å². The lowest BCUT2D eigenvalue weighted by Gasteiger charge is -2.20. The van der Waals surface area contributed by atoms with Gasteiger partial charge in [0.1, 0.15) is 23.0 Å². The molecule has 2 heterocycles. The SMILES string of the molecule is CCOc1ccccc1-n1nnnc1SCc1cc(F)cc2c1OCOC2. The number of hydrogen-bond donors (Lipinski definition) is 0. The molecular formula is C18H17FN4O3S. The minimum Gasteiger partial charge on any atom is -0.492 e. The van der Waals surface area contributed by atoms with Gasteiger partial charge in [-0.1, -0.05) is 23.9 Å². The number of halogens is 1.